The number of nitrogens with zero attached hydrogens (tertiary/aromatic N) is 1. The van der Waals surface area contributed by atoms with Crippen LogP contribution in [-0.4, -0.2) is 38.2 Å². The van der Waals surface area contributed by atoms with Gasteiger partial charge >= 0.3 is 0 Å². The fraction of sp³-hybridized carbons (Fsp3) is 0.250. The Labute approximate surface area is 171 Å². The molecule has 0 saturated carbocycles. The zero-order chi connectivity index (χ0) is 19.3. The summed E-state index contributed by atoms with van der Waals surface area (Å²) in [5.74, 6) is 0.875. The zero-order valence-electron chi connectivity index (χ0n) is 16.1. The Morgan fingerprint density at radius 2 is 1.57 bits per heavy atom. The van der Waals surface area contributed by atoms with Crippen molar-refractivity contribution in [2.75, 3.05) is 33.3 Å². The number of halogens is 1. The zero-order valence-corrected chi connectivity index (χ0v) is 16.8. The van der Waals surface area contributed by atoms with E-state index in [1.807, 2.05) is 24.3 Å². The van der Waals surface area contributed by atoms with Gasteiger partial charge in [-0.05, 0) is 34.9 Å². The van der Waals surface area contributed by atoms with Gasteiger partial charge in [0.2, 0.25) is 0 Å². The first kappa shape index (κ1) is 19.0. The molecule has 3 nitrogen and oxygen atoms in total. The van der Waals surface area contributed by atoms with Crippen LogP contribution in [0.3, 0.4) is 0 Å². The van der Waals surface area contributed by atoms with Crippen molar-refractivity contribution in [1.29, 1.82) is 0 Å². The highest BCUT2D eigenvalue weighted by atomic mass is 35.5. The molecule has 1 N–H and O–H groups in total. The summed E-state index contributed by atoms with van der Waals surface area (Å²) in [6.07, 6.45) is 0. The van der Waals surface area contributed by atoms with E-state index in [1.54, 1.807) is 7.11 Å². The Morgan fingerprint density at radius 1 is 0.893 bits per heavy atom. The van der Waals surface area contributed by atoms with Gasteiger partial charge in [0, 0.05) is 36.8 Å². The first-order valence-electron chi connectivity index (χ1n) is 9.70. The van der Waals surface area contributed by atoms with Gasteiger partial charge in [0.05, 0.1) is 13.2 Å². The molecule has 144 valence electrons. The summed E-state index contributed by atoms with van der Waals surface area (Å²) >= 11 is 6.36. The molecule has 4 heteroatoms. The fourth-order valence-corrected chi connectivity index (χ4v) is 4.12. The molecular formula is C24H25ClN2O. The molecular weight excluding hydrogens is 368 g/mol. The molecule has 0 bridgehead atoms. The van der Waals surface area contributed by atoms with Crippen molar-refractivity contribution in [3.05, 3.63) is 88.9 Å². The van der Waals surface area contributed by atoms with Gasteiger partial charge in [0.15, 0.2) is 0 Å². The standard InChI is InChI=1S/C24H25ClN2O/c1-28-23-12-11-21(25)17-22(23)24(27-15-13-26-14-16-27)20-9-7-19(8-10-20)18-5-3-2-4-6-18/h2-12,17,24,26H,13-16H2,1H3. The molecule has 1 fully saturated rings. The largest absolute Gasteiger partial charge is 0.496 e. The summed E-state index contributed by atoms with van der Waals surface area (Å²) in [6.45, 7) is 3.95. The number of benzene rings is 3. The number of ether oxygens (including phenoxy) is 1. The maximum Gasteiger partial charge on any atom is 0.124 e. The molecule has 1 heterocycles. The summed E-state index contributed by atoms with van der Waals surface area (Å²) in [7, 11) is 1.72. The van der Waals surface area contributed by atoms with Crippen LogP contribution in [0.1, 0.15) is 17.2 Å². The minimum absolute atomic E-state index is 0.112. The first-order chi connectivity index (χ1) is 13.8. The van der Waals surface area contributed by atoms with Gasteiger partial charge in [-0.15, -0.1) is 0 Å². The van der Waals surface area contributed by atoms with Crippen LogP contribution in [0.25, 0.3) is 11.1 Å². The van der Waals surface area contributed by atoms with E-state index < -0.39 is 0 Å². The topological polar surface area (TPSA) is 24.5 Å². The number of hydrogen-bond acceptors (Lipinski definition) is 3. The van der Waals surface area contributed by atoms with E-state index in [0.29, 0.717) is 0 Å². The van der Waals surface area contributed by atoms with Crippen LogP contribution in [0.2, 0.25) is 5.02 Å². The van der Waals surface area contributed by atoms with Crippen LogP contribution in [0.4, 0.5) is 0 Å². The quantitative estimate of drug-likeness (QED) is 0.660. The smallest absolute Gasteiger partial charge is 0.124 e. The maximum atomic E-state index is 6.36. The second-order valence-corrected chi connectivity index (χ2v) is 7.50. The molecule has 0 radical (unpaired) electrons. The highest BCUT2D eigenvalue weighted by Crippen LogP contribution is 2.37. The minimum Gasteiger partial charge on any atom is -0.496 e. The van der Waals surface area contributed by atoms with Gasteiger partial charge in [-0.3, -0.25) is 4.90 Å². The van der Waals surface area contributed by atoms with Crippen molar-refractivity contribution >= 4 is 11.6 Å². The molecule has 0 spiro atoms. The second kappa shape index (κ2) is 8.78. The summed E-state index contributed by atoms with van der Waals surface area (Å²) in [5, 5.41) is 4.18. The van der Waals surface area contributed by atoms with Crippen LogP contribution in [0, 0.1) is 0 Å². The van der Waals surface area contributed by atoms with E-state index in [2.05, 4.69) is 58.7 Å². The molecule has 28 heavy (non-hydrogen) atoms. The Bertz CT molecular complexity index is 906. The molecule has 3 aromatic rings. The van der Waals surface area contributed by atoms with Crippen molar-refractivity contribution < 1.29 is 4.74 Å². The molecule has 3 aromatic carbocycles. The van der Waals surface area contributed by atoms with Crippen LogP contribution in [-0.2, 0) is 0 Å². The van der Waals surface area contributed by atoms with E-state index in [0.717, 1.165) is 42.5 Å². The monoisotopic (exact) mass is 392 g/mol. The van der Waals surface area contributed by atoms with Gasteiger partial charge < -0.3 is 10.1 Å². The SMILES string of the molecule is COc1ccc(Cl)cc1C(c1ccc(-c2ccccc2)cc1)N1CCNCC1. The predicted octanol–water partition coefficient (Wildman–Crippen LogP) is 5.01. The summed E-state index contributed by atoms with van der Waals surface area (Å²) in [6, 6.07) is 25.3. The second-order valence-electron chi connectivity index (χ2n) is 7.06. The number of rotatable bonds is 5. The van der Waals surface area contributed by atoms with E-state index in [4.69, 9.17) is 16.3 Å². The van der Waals surface area contributed by atoms with Crippen LogP contribution < -0.4 is 10.1 Å². The highest BCUT2D eigenvalue weighted by molar-refractivity contribution is 6.30. The van der Waals surface area contributed by atoms with Crippen molar-refractivity contribution in [3.8, 4) is 16.9 Å². The van der Waals surface area contributed by atoms with Crippen LogP contribution in [0.15, 0.2) is 72.8 Å². The molecule has 1 atom stereocenters. The van der Waals surface area contributed by atoms with E-state index in [9.17, 15) is 0 Å². The van der Waals surface area contributed by atoms with Crippen molar-refractivity contribution in [1.82, 2.24) is 10.2 Å². The third kappa shape index (κ3) is 4.07. The van der Waals surface area contributed by atoms with Crippen molar-refractivity contribution in [2.24, 2.45) is 0 Å². The minimum atomic E-state index is 0.112. The lowest BCUT2D eigenvalue weighted by molar-refractivity contribution is 0.195. The van der Waals surface area contributed by atoms with Gasteiger partial charge in [-0.2, -0.15) is 0 Å². The lowest BCUT2D eigenvalue weighted by Gasteiger charge is -2.36. The number of piperazine rings is 1. The van der Waals surface area contributed by atoms with E-state index in [-0.39, 0.29) is 6.04 Å². The molecule has 0 amide bonds. The fourth-order valence-electron chi connectivity index (χ4n) is 3.93. The Balaban J connectivity index is 1.75. The number of nitrogens with one attached hydrogen (secondary N) is 1. The average Bonchev–Trinajstić information content (AvgIpc) is 2.76. The number of hydrogen-bond donors (Lipinski definition) is 1. The van der Waals surface area contributed by atoms with Crippen LogP contribution in [0.5, 0.6) is 5.75 Å². The van der Waals surface area contributed by atoms with Gasteiger partial charge in [0.1, 0.15) is 5.75 Å². The van der Waals surface area contributed by atoms with Gasteiger partial charge in [0.25, 0.3) is 0 Å². The first-order valence-corrected chi connectivity index (χ1v) is 10.1. The predicted molar refractivity (Wildman–Crippen MR) is 116 cm³/mol. The molecule has 1 aliphatic heterocycles. The summed E-state index contributed by atoms with van der Waals surface area (Å²) in [5.41, 5.74) is 4.82. The number of methoxy groups -OCH3 is 1. The molecule has 0 aliphatic carbocycles. The van der Waals surface area contributed by atoms with Crippen molar-refractivity contribution in [3.63, 3.8) is 0 Å². The molecule has 1 saturated heterocycles. The molecule has 0 aromatic heterocycles. The average molecular weight is 393 g/mol. The van der Waals surface area contributed by atoms with Gasteiger partial charge in [-0.1, -0.05) is 66.2 Å². The Morgan fingerprint density at radius 3 is 2.25 bits per heavy atom. The maximum absolute atomic E-state index is 6.36. The van der Waals surface area contributed by atoms with E-state index in [1.165, 1.54) is 16.7 Å². The Hall–Kier alpha value is -2.33. The summed E-state index contributed by atoms with van der Waals surface area (Å²) < 4.78 is 5.69. The molecule has 1 aliphatic rings. The lowest BCUT2D eigenvalue weighted by Crippen LogP contribution is -2.45. The normalized spacial score (nSPS) is 15.9. The van der Waals surface area contributed by atoms with Crippen molar-refractivity contribution in [2.45, 2.75) is 6.04 Å². The molecule has 1 unspecified atom stereocenters. The van der Waals surface area contributed by atoms with E-state index >= 15 is 0 Å². The summed E-state index contributed by atoms with van der Waals surface area (Å²) in [4.78, 5) is 2.50. The Kier molecular flexibility index (Phi) is 5.96. The molecule has 4 rings (SSSR count). The highest BCUT2D eigenvalue weighted by Gasteiger charge is 2.26. The third-order valence-corrected chi connectivity index (χ3v) is 5.57. The third-order valence-electron chi connectivity index (χ3n) is 5.34. The van der Waals surface area contributed by atoms with Crippen LogP contribution >= 0.6 is 11.6 Å². The lowest BCUT2D eigenvalue weighted by atomic mass is 9.93. The van der Waals surface area contributed by atoms with Gasteiger partial charge in [-0.25, -0.2) is 0 Å².